The van der Waals surface area contributed by atoms with Crippen LogP contribution in [0.5, 0.6) is 0 Å². The average molecular weight is 437 g/mol. The lowest BCUT2D eigenvalue weighted by atomic mass is 9.94. The number of carbonyl (C=O) groups excluding carboxylic acids is 2. The van der Waals surface area contributed by atoms with E-state index >= 15 is 0 Å². The second kappa shape index (κ2) is 9.74. The molecule has 0 bridgehead atoms. The molecule has 1 aliphatic heterocycles. The summed E-state index contributed by atoms with van der Waals surface area (Å²) in [5, 5.41) is 22.2. The fourth-order valence-corrected chi connectivity index (χ4v) is 4.01. The Hall–Kier alpha value is -3.52. The van der Waals surface area contributed by atoms with Gasteiger partial charge in [0.2, 0.25) is 0 Å². The molecule has 0 aliphatic carbocycles. The number of Topliss-reactive ketones (excluding diaryl/α,β-unsaturated/α-hetero) is 1. The highest BCUT2D eigenvalue weighted by molar-refractivity contribution is 6.46. The molecular formula is C24H27N3O5. The van der Waals surface area contributed by atoms with Gasteiger partial charge in [-0.1, -0.05) is 55.8 Å². The molecule has 2 aromatic rings. The van der Waals surface area contributed by atoms with Gasteiger partial charge in [0.15, 0.2) is 0 Å². The van der Waals surface area contributed by atoms with Crippen molar-refractivity contribution in [2.75, 3.05) is 26.2 Å². The van der Waals surface area contributed by atoms with E-state index in [1.807, 2.05) is 45.0 Å². The van der Waals surface area contributed by atoms with Gasteiger partial charge in [-0.25, -0.2) is 0 Å². The Bertz CT molecular complexity index is 1070. The van der Waals surface area contributed by atoms with Crippen LogP contribution in [0.15, 0.2) is 54.1 Å². The van der Waals surface area contributed by atoms with Crippen LogP contribution in [-0.4, -0.2) is 57.7 Å². The molecular weight excluding hydrogens is 410 g/mol. The number of aliphatic hydroxyl groups excluding tert-OH is 1. The zero-order valence-corrected chi connectivity index (χ0v) is 18.4. The zero-order valence-electron chi connectivity index (χ0n) is 18.4. The third-order valence-electron chi connectivity index (χ3n) is 5.78. The van der Waals surface area contributed by atoms with Gasteiger partial charge in [0, 0.05) is 30.8 Å². The lowest BCUT2D eigenvalue weighted by Gasteiger charge is -2.28. The van der Waals surface area contributed by atoms with Crippen LogP contribution in [0.25, 0.3) is 5.76 Å². The van der Waals surface area contributed by atoms with Gasteiger partial charge in [-0.05, 0) is 25.6 Å². The van der Waals surface area contributed by atoms with Gasteiger partial charge in [0.1, 0.15) is 5.76 Å². The molecule has 1 atom stereocenters. The molecule has 1 N–H and O–H groups in total. The molecule has 3 rings (SSSR count). The highest BCUT2D eigenvalue weighted by Gasteiger charge is 2.46. The molecule has 32 heavy (non-hydrogen) atoms. The van der Waals surface area contributed by atoms with Crippen molar-refractivity contribution in [3.63, 3.8) is 0 Å². The van der Waals surface area contributed by atoms with E-state index in [9.17, 15) is 24.8 Å². The molecule has 0 radical (unpaired) electrons. The summed E-state index contributed by atoms with van der Waals surface area (Å²) in [4.78, 5) is 40.3. The van der Waals surface area contributed by atoms with Crippen molar-refractivity contribution in [2.45, 2.75) is 26.8 Å². The molecule has 1 heterocycles. The number of amides is 1. The minimum absolute atomic E-state index is 0.0550. The number of carbonyl (C=O) groups is 2. The predicted molar refractivity (Wildman–Crippen MR) is 121 cm³/mol. The topological polar surface area (TPSA) is 104 Å². The molecule has 0 saturated carbocycles. The Morgan fingerprint density at radius 3 is 2.44 bits per heavy atom. The first-order valence-corrected chi connectivity index (χ1v) is 10.6. The van der Waals surface area contributed by atoms with Crippen molar-refractivity contribution < 1.29 is 19.6 Å². The lowest BCUT2D eigenvalue weighted by Crippen LogP contribution is -2.38. The Morgan fingerprint density at radius 2 is 1.81 bits per heavy atom. The number of non-ortho nitro benzene ring substituents is 1. The number of likely N-dealkylation sites (tertiary alicyclic amines) is 1. The molecule has 8 heteroatoms. The van der Waals surface area contributed by atoms with Crippen molar-refractivity contribution in [1.82, 2.24) is 9.80 Å². The maximum absolute atomic E-state index is 13.0. The number of rotatable bonds is 8. The summed E-state index contributed by atoms with van der Waals surface area (Å²) < 4.78 is 0. The van der Waals surface area contributed by atoms with Gasteiger partial charge in [0.05, 0.1) is 16.5 Å². The summed E-state index contributed by atoms with van der Waals surface area (Å²) in [6, 6.07) is 12.1. The maximum atomic E-state index is 13.0. The van der Waals surface area contributed by atoms with E-state index in [1.54, 1.807) is 0 Å². The quantitative estimate of drug-likeness (QED) is 0.222. The number of benzene rings is 2. The van der Waals surface area contributed by atoms with Gasteiger partial charge < -0.3 is 14.9 Å². The summed E-state index contributed by atoms with van der Waals surface area (Å²) in [5.74, 6) is -1.89. The van der Waals surface area contributed by atoms with E-state index in [1.165, 1.54) is 29.2 Å². The first kappa shape index (κ1) is 23.1. The second-order valence-electron chi connectivity index (χ2n) is 7.74. The van der Waals surface area contributed by atoms with Crippen LogP contribution in [-0.2, 0) is 9.59 Å². The fourth-order valence-electron chi connectivity index (χ4n) is 4.01. The van der Waals surface area contributed by atoms with Crippen molar-refractivity contribution in [2.24, 2.45) is 0 Å². The summed E-state index contributed by atoms with van der Waals surface area (Å²) in [5.41, 5.74) is 1.51. The molecule has 1 aliphatic rings. The summed E-state index contributed by atoms with van der Waals surface area (Å²) in [6.07, 6.45) is 0. The fraction of sp³-hybridized carbons (Fsp3) is 0.333. The molecule has 1 fully saturated rings. The molecule has 0 spiro atoms. The molecule has 1 saturated heterocycles. The first-order chi connectivity index (χ1) is 15.3. The number of ketones is 1. The van der Waals surface area contributed by atoms with Crippen molar-refractivity contribution >= 4 is 23.1 Å². The van der Waals surface area contributed by atoms with Crippen molar-refractivity contribution in [3.8, 4) is 0 Å². The predicted octanol–water partition coefficient (Wildman–Crippen LogP) is 3.67. The molecule has 168 valence electrons. The van der Waals surface area contributed by atoms with Crippen LogP contribution in [0.2, 0.25) is 0 Å². The standard InChI is InChI=1S/C24H27N3O5/c1-4-25(5-2)12-13-26-21(17-9-6-8-16(3)14-17)20(23(29)24(26)30)22(28)18-10-7-11-19(15-18)27(31)32/h6-11,14-15,21,28H,4-5,12-13H2,1-3H3/b22-20-. The van der Waals surface area contributed by atoms with Crippen LogP contribution in [0.4, 0.5) is 5.69 Å². The van der Waals surface area contributed by atoms with E-state index in [0.29, 0.717) is 18.7 Å². The third-order valence-corrected chi connectivity index (χ3v) is 5.78. The van der Waals surface area contributed by atoms with E-state index in [-0.39, 0.29) is 16.8 Å². The third kappa shape index (κ3) is 4.55. The van der Waals surface area contributed by atoms with E-state index in [4.69, 9.17) is 0 Å². The highest BCUT2D eigenvalue weighted by atomic mass is 16.6. The number of aryl methyl sites for hydroxylation is 1. The van der Waals surface area contributed by atoms with Gasteiger partial charge in [-0.3, -0.25) is 19.7 Å². The minimum Gasteiger partial charge on any atom is -0.507 e. The minimum atomic E-state index is -0.792. The molecule has 1 amide bonds. The summed E-state index contributed by atoms with van der Waals surface area (Å²) in [7, 11) is 0. The average Bonchev–Trinajstić information content (AvgIpc) is 3.04. The Morgan fingerprint density at radius 1 is 1.12 bits per heavy atom. The molecule has 2 aromatic carbocycles. The SMILES string of the molecule is CCN(CC)CCN1C(=O)C(=O)/C(=C(\O)c2cccc([N+](=O)[O-])c2)C1c1cccc(C)c1. The van der Waals surface area contributed by atoms with Gasteiger partial charge >= 0.3 is 0 Å². The smallest absolute Gasteiger partial charge is 0.295 e. The molecule has 0 aromatic heterocycles. The van der Waals surface area contributed by atoms with E-state index in [2.05, 4.69) is 4.90 Å². The molecule has 1 unspecified atom stereocenters. The first-order valence-electron chi connectivity index (χ1n) is 10.6. The number of nitro groups is 1. The number of hydrogen-bond donors (Lipinski definition) is 1. The Balaban J connectivity index is 2.13. The van der Waals surface area contributed by atoms with Crippen LogP contribution < -0.4 is 0 Å². The Labute approximate surface area is 186 Å². The van der Waals surface area contributed by atoms with E-state index in [0.717, 1.165) is 18.7 Å². The van der Waals surface area contributed by atoms with Crippen LogP contribution >= 0.6 is 0 Å². The second-order valence-corrected chi connectivity index (χ2v) is 7.74. The van der Waals surface area contributed by atoms with Gasteiger partial charge in [0.25, 0.3) is 17.4 Å². The normalized spacial score (nSPS) is 17.9. The summed E-state index contributed by atoms with van der Waals surface area (Å²) in [6.45, 7) is 8.48. The number of hydrogen-bond acceptors (Lipinski definition) is 6. The van der Waals surface area contributed by atoms with Gasteiger partial charge in [-0.15, -0.1) is 0 Å². The highest BCUT2D eigenvalue weighted by Crippen LogP contribution is 2.39. The number of aliphatic hydroxyl groups is 1. The monoisotopic (exact) mass is 437 g/mol. The number of likely N-dealkylation sites (N-methyl/N-ethyl adjacent to an activating group) is 1. The summed E-state index contributed by atoms with van der Waals surface area (Å²) >= 11 is 0. The lowest BCUT2D eigenvalue weighted by molar-refractivity contribution is -0.384. The van der Waals surface area contributed by atoms with Crippen LogP contribution in [0.1, 0.15) is 36.6 Å². The van der Waals surface area contributed by atoms with Crippen molar-refractivity contribution in [3.05, 3.63) is 80.9 Å². The largest absolute Gasteiger partial charge is 0.507 e. The number of nitrogens with zero attached hydrogens (tertiary/aromatic N) is 3. The van der Waals surface area contributed by atoms with Crippen molar-refractivity contribution in [1.29, 1.82) is 0 Å². The van der Waals surface area contributed by atoms with Crippen LogP contribution in [0.3, 0.4) is 0 Å². The Kier molecular flexibility index (Phi) is 7.05. The van der Waals surface area contributed by atoms with E-state index < -0.39 is 28.4 Å². The zero-order chi connectivity index (χ0) is 23.4. The molecule has 8 nitrogen and oxygen atoms in total. The number of nitro benzene ring substituents is 1. The van der Waals surface area contributed by atoms with Gasteiger partial charge in [-0.2, -0.15) is 0 Å². The maximum Gasteiger partial charge on any atom is 0.295 e. The van der Waals surface area contributed by atoms with Crippen LogP contribution in [0, 0.1) is 17.0 Å².